The van der Waals surface area contributed by atoms with E-state index in [0.717, 1.165) is 10.0 Å². The number of nitrogens with one attached hydrogen (secondary N) is 1. The molecule has 0 heterocycles. The zero-order chi connectivity index (χ0) is 15.9. The minimum Gasteiger partial charge on any atom is -0.460 e. The highest BCUT2D eigenvalue weighted by atomic mass is 79.9. The first kappa shape index (κ1) is 16.5. The van der Waals surface area contributed by atoms with Gasteiger partial charge in [-0.05, 0) is 42.0 Å². The summed E-state index contributed by atoms with van der Waals surface area (Å²) in [5, 5.41) is 3.14. The normalized spacial score (nSPS) is 10.1. The molecule has 0 saturated carbocycles. The van der Waals surface area contributed by atoms with E-state index in [-0.39, 0.29) is 19.1 Å². The maximum absolute atomic E-state index is 11.8. The highest BCUT2D eigenvalue weighted by Crippen LogP contribution is 2.11. The van der Waals surface area contributed by atoms with Crippen LogP contribution in [0, 0.1) is 0 Å². The van der Waals surface area contributed by atoms with E-state index < -0.39 is 5.97 Å². The van der Waals surface area contributed by atoms with E-state index in [0.29, 0.717) is 10.6 Å². The number of halogens is 2. The van der Waals surface area contributed by atoms with Gasteiger partial charge < -0.3 is 10.1 Å². The molecule has 1 amide bonds. The number of rotatable bonds is 5. The van der Waals surface area contributed by atoms with Crippen LogP contribution in [0.15, 0.2) is 53.0 Å². The molecular formula is C16H13BrClNO3. The number of hydrogen-bond acceptors (Lipinski definition) is 3. The highest BCUT2D eigenvalue weighted by molar-refractivity contribution is 9.10. The van der Waals surface area contributed by atoms with Gasteiger partial charge >= 0.3 is 5.97 Å². The first-order chi connectivity index (χ1) is 10.5. The summed E-state index contributed by atoms with van der Waals surface area (Å²) in [5.74, 6) is -0.823. The first-order valence-electron chi connectivity index (χ1n) is 6.48. The molecule has 0 aromatic heterocycles. The molecule has 22 heavy (non-hydrogen) atoms. The number of ether oxygens (including phenoxy) is 1. The highest BCUT2D eigenvalue weighted by Gasteiger charge is 2.09. The van der Waals surface area contributed by atoms with Crippen LogP contribution in [0.4, 0.5) is 0 Å². The van der Waals surface area contributed by atoms with Gasteiger partial charge in [0.05, 0.1) is 0 Å². The fourth-order valence-corrected chi connectivity index (χ4v) is 2.04. The summed E-state index contributed by atoms with van der Waals surface area (Å²) in [7, 11) is 0. The van der Waals surface area contributed by atoms with Crippen molar-refractivity contribution in [1.29, 1.82) is 0 Å². The largest absolute Gasteiger partial charge is 0.460 e. The summed E-state index contributed by atoms with van der Waals surface area (Å²) in [4.78, 5) is 23.4. The van der Waals surface area contributed by atoms with Gasteiger partial charge in [0.2, 0.25) is 0 Å². The van der Waals surface area contributed by atoms with Gasteiger partial charge in [0, 0.05) is 15.1 Å². The lowest BCUT2D eigenvalue weighted by Crippen LogP contribution is -2.30. The minimum atomic E-state index is -0.500. The van der Waals surface area contributed by atoms with Crippen LogP contribution in [-0.4, -0.2) is 18.4 Å². The second kappa shape index (κ2) is 7.96. The van der Waals surface area contributed by atoms with Crippen molar-refractivity contribution in [3.05, 3.63) is 69.2 Å². The van der Waals surface area contributed by atoms with Crippen molar-refractivity contribution < 1.29 is 14.3 Å². The first-order valence-corrected chi connectivity index (χ1v) is 7.65. The third kappa shape index (κ3) is 5.16. The van der Waals surface area contributed by atoms with Gasteiger partial charge in [0.25, 0.3) is 5.91 Å². The quantitative estimate of drug-likeness (QED) is 0.804. The van der Waals surface area contributed by atoms with Crippen molar-refractivity contribution in [2.75, 3.05) is 6.54 Å². The number of amides is 1. The molecule has 114 valence electrons. The third-order valence-corrected chi connectivity index (χ3v) is 3.59. The van der Waals surface area contributed by atoms with E-state index in [4.69, 9.17) is 16.3 Å². The summed E-state index contributed by atoms with van der Waals surface area (Å²) in [6.45, 7) is -0.0351. The molecule has 4 nitrogen and oxygen atoms in total. The molecule has 0 atom stereocenters. The topological polar surface area (TPSA) is 55.4 Å². The van der Waals surface area contributed by atoms with Gasteiger partial charge in [-0.25, -0.2) is 0 Å². The lowest BCUT2D eigenvalue weighted by atomic mass is 10.2. The Bertz CT molecular complexity index is 656. The summed E-state index contributed by atoms with van der Waals surface area (Å²) < 4.78 is 5.95. The van der Waals surface area contributed by atoms with Gasteiger partial charge in [0.1, 0.15) is 13.2 Å². The van der Waals surface area contributed by atoms with E-state index in [1.54, 1.807) is 48.5 Å². The van der Waals surface area contributed by atoms with Gasteiger partial charge in [-0.15, -0.1) is 0 Å². The molecule has 0 spiro atoms. The monoisotopic (exact) mass is 381 g/mol. The van der Waals surface area contributed by atoms with Gasteiger partial charge in [0.15, 0.2) is 0 Å². The summed E-state index contributed by atoms with van der Waals surface area (Å²) in [6, 6.07) is 13.8. The zero-order valence-electron chi connectivity index (χ0n) is 11.5. The van der Waals surface area contributed by atoms with Crippen molar-refractivity contribution in [2.45, 2.75) is 6.61 Å². The van der Waals surface area contributed by atoms with E-state index >= 15 is 0 Å². The second-order valence-electron chi connectivity index (χ2n) is 4.48. The lowest BCUT2D eigenvalue weighted by Gasteiger charge is -2.07. The fraction of sp³-hybridized carbons (Fsp3) is 0.125. The Morgan fingerprint density at radius 3 is 2.32 bits per heavy atom. The second-order valence-corrected chi connectivity index (χ2v) is 5.83. The van der Waals surface area contributed by atoms with Crippen molar-refractivity contribution in [2.24, 2.45) is 0 Å². The number of hydrogen-bond donors (Lipinski definition) is 1. The Morgan fingerprint density at radius 1 is 1.05 bits per heavy atom. The predicted molar refractivity (Wildman–Crippen MR) is 87.7 cm³/mol. The SMILES string of the molecule is O=C(CNC(=O)c1ccc(Br)cc1)OCc1ccc(Cl)cc1. The molecule has 1 N–H and O–H groups in total. The van der Waals surface area contributed by atoms with Crippen LogP contribution >= 0.6 is 27.5 Å². The summed E-state index contributed by atoms with van der Waals surface area (Å²) in [6.07, 6.45) is 0. The summed E-state index contributed by atoms with van der Waals surface area (Å²) >= 11 is 9.06. The smallest absolute Gasteiger partial charge is 0.325 e. The average molecular weight is 383 g/mol. The Labute approximate surface area is 141 Å². The zero-order valence-corrected chi connectivity index (χ0v) is 13.9. The molecule has 2 aromatic rings. The van der Waals surface area contributed by atoms with Crippen LogP contribution < -0.4 is 5.32 Å². The van der Waals surface area contributed by atoms with Crippen LogP contribution in [0.5, 0.6) is 0 Å². The molecule has 0 radical (unpaired) electrons. The summed E-state index contributed by atoms with van der Waals surface area (Å²) in [5.41, 5.74) is 1.31. The molecule has 0 bridgehead atoms. The van der Waals surface area contributed by atoms with Crippen LogP contribution in [0.2, 0.25) is 5.02 Å². The van der Waals surface area contributed by atoms with Crippen molar-refractivity contribution in [1.82, 2.24) is 5.32 Å². The molecule has 0 saturated heterocycles. The third-order valence-electron chi connectivity index (χ3n) is 2.81. The Hall–Kier alpha value is -1.85. The molecule has 2 aromatic carbocycles. The minimum absolute atomic E-state index is 0.143. The van der Waals surface area contributed by atoms with E-state index in [1.165, 1.54) is 0 Å². The lowest BCUT2D eigenvalue weighted by molar-refractivity contribution is -0.143. The predicted octanol–water partition coefficient (Wildman–Crippen LogP) is 3.58. The molecule has 0 aliphatic rings. The molecular weight excluding hydrogens is 370 g/mol. The molecule has 0 aliphatic carbocycles. The van der Waals surface area contributed by atoms with E-state index in [1.807, 2.05) is 0 Å². The number of benzene rings is 2. The molecule has 2 rings (SSSR count). The van der Waals surface area contributed by atoms with Crippen molar-refractivity contribution >= 4 is 39.4 Å². The number of esters is 1. The molecule has 0 unspecified atom stereocenters. The van der Waals surface area contributed by atoms with Crippen LogP contribution in [0.25, 0.3) is 0 Å². The van der Waals surface area contributed by atoms with E-state index in [2.05, 4.69) is 21.2 Å². The van der Waals surface area contributed by atoms with Crippen molar-refractivity contribution in [3.8, 4) is 0 Å². The van der Waals surface area contributed by atoms with E-state index in [9.17, 15) is 9.59 Å². The fourth-order valence-electron chi connectivity index (χ4n) is 1.65. The molecule has 0 fully saturated rings. The molecule has 6 heteroatoms. The number of carbonyl (C=O) groups excluding carboxylic acids is 2. The van der Waals surface area contributed by atoms with Gasteiger partial charge in [-0.2, -0.15) is 0 Å². The standard InChI is InChI=1S/C16H13BrClNO3/c17-13-5-3-12(4-6-13)16(21)19-9-15(20)22-10-11-1-7-14(18)8-2-11/h1-8H,9-10H2,(H,19,21). The Balaban J connectivity index is 1.76. The van der Waals surface area contributed by atoms with Crippen LogP contribution in [0.1, 0.15) is 15.9 Å². The number of carbonyl (C=O) groups is 2. The van der Waals surface area contributed by atoms with Crippen molar-refractivity contribution in [3.63, 3.8) is 0 Å². The van der Waals surface area contributed by atoms with Crippen LogP contribution in [-0.2, 0) is 16.1 Å². The Kier molecular flexibility index (Phi) is 5.98. The Morgan fingerprint density at radius 2 is 1.68 bits per heavy atom. The maximum atomic E-state index is 11.8. The van der Waals surface area contributed by atoms with Gasteiger partial charge in [-0.3, -0.25) is 9.59 Å². The van der Waals surface area contributed by atoms with Gasteiger partial charge in [-0.1, -0.05) is 39.7 Å². The maximum Gasteiger partial charge on any atom is 0.325 e. The van der Waals surface area contributed by atoms with Crippen LogP contribution in [0.3, 0.4) is 0 Å². The molecule has 0 aliphatic heterocycles. The average Bonchev–Trinajstić information content (AvgIpc) is 2.52.